The van der Waals surface area contributed by atoms with Crippen LogP contribution in [-0.2, 0) is 9.84 Å². The van der Waals surface area contributed by atoms with Gasteiger partial charge >= 0.3 is 0 Å². The van der Waals surface area contributed by atoms with Crippen LogP contribution in [0.2, 0.25) is 0 Å². The van der Waals surface area contributed by atoms with E-state index in [1.807, 2.05) is 6.92 Å². The smallest absolute Gasteiger partial charge is 0.148 e. The molecule has 1 fully saturated rings. The van der Waals surface area contributed by atoms with Gasteiger partial charge < -0.3 is 10.2 Å². The lowest BCUT2D eigenvalue weighted by Crippen LogP contribution is -2.47. The molecule has 4 nitrogen and oxygen atoms in total. The molecule has 0 saturated carbocycles. The largest absolute Gasteiger partial charge is 0.310 e. The van der Waals surface area contributed by atoms with Crippen LogP contribution in [0.5, 0.6) is 0 Å². The van der Waals surface area contributed by atoms with Crippen LogP contribution >= 0.6 is 0 Å². The maximum absolute atomic E-state index is 11.2. The fraction of sp³-hybridized carbons (Fsp3) is 1.00. The summed E-state index contributed by atoms with van der Waals surface area (Å²) in [5.41, 5.74) is 0. The first-order valence-electron chi connectivity index (χ1n) is 6.92. The lowest BCUT2D eigenvalue weighted by molar-refractivity contribution is 0.176. The third-order valence-corrected chi connectivity index (χ3v) is 4.39. The van der Waals surface area contributed by atoms with Crippen LogP contribution in [0.25, 0.3) is 0 Å². The topological polar surface area (TPSA) is 49.4 Å². The summed E-state index contributed by atoms with van der Waals surface area (Å²) in [6, 6.07) is 0.534. The molecule has 0 aliphatic carbocycles. The van der Waals surface area contributed by atoms with Gasteiger partial charge in [0.1, 0.15) is 9.84 Å². The molecule has 0 bridgehead atoms. The molecule has 0 aromatic rings. The van der Waals surface area contributed by atoms with E-state index < -0.39 is 9.84 Å². The van der Waals surface area contributed by atoms with Gasteiger partial charge in [-0.3, -0.25) is 0 Å². The Labute approximate surface area is 112 Å². The van der Waals surface area contributed by atoms with E-state index >= 15 is 0 Å². The number of likely N-dealkylation sites (tertiary alicyclic amines) is 1. The highest BCUT2D eigenvalue weighted by atomic mass is 32.2. The molecule has 0 radical (unpaired) electrons. The van der Waals surface area contributed by atoms with Gasteiger partial charge in [-0.2, -0.15) is 0 Å². The van der Waals surface area contributed by atoms with Gasteiger partial charge in [0.15, 0.2) is 0 Å². The zero-order valence-corrected chi connectivity index (χ0v) is 13.0. The minimum Gasteiger partial charge on any atom is -0.310 e. The molecule has 1 aliphatic heterocycles. The molecule has 18 heavy (non-hydrogen) atoms. The Balaban J connectivity index is 2.27. The number of hydrogen-bond donors (Lipinski definition) is 1. The molecule has 1 aliphatic rings. The standard InChI is InChI=1S/C13H28N2O2S/c1-11(2)9-15-7-5-13(6-8-15)14-12(3)10-18(4,16)17/h11-14H,5-10H2,1-4H3. The Morgan fingerprint density at radius 2 is 1.78 bits per heavy atom. The fourth-order valence-corrected chi connectivity index (χ4v) is 3.71. The molecule has 0 spiro atoms. The summed E-state index contributed by atoms with van der Waals surface area (Å²) in [5.74, 6) is 0.956. The summed E-state index contributed by atoms with van der Waals surface area (Å²) in [6.07, 6.45) is 3.55. The van der Waals surface area contributed by atoms with Gasteiger partial charge in [-0.15, -0.1) is 0 Å². The number of rotatable bonds is 6. The van der Waals surface area contributed by atoms with E-state index in [1.54, 1.807) is 0 Å². The van der Waals surface area contributed by atoms with Gasteiger partial charge in [0, 0.05) is 24.9 Å². The van der Waals surface area contributed by atoms with Crippen molar-refractivity contribution in [2.24, 2.45) is 5.92 Å². The van der Waals surface area contributed by atoms with Crippen LogP contribution in [-0.4, -0.2) is 57.0 Å². The van der Waals surface area contributed by atoms with E-state index in [2.05, 4.69) is 24.1 Å². The monoisotopic (exact) mass is 276 g/mol. The second kappa shape index (κ2) is 6.87. The SMILES string of the molecule is CC(C)CN1CCC(NC(C)CS(C)(=O)=O)CC1. The zero-order chi connectivity index (χ0) is 13.8. The van der Waals surface area contributed by atoms with Crippen molar-refractivity contribution >= 4 is 9.84 Å². The molecule has 1 atom stereocenters. The summed E-state index contributed by atoms with van der Waals surface area (Å²) >= 11 is 0. The summed E-state index contributed by atoms with van der Waals surface area (Å²) in [7, 11) is -2.87. The van der Waals surface area contributed by atoms with Crippen molar-refractivity contribution in [2.45, 2.75) is 45.7 Å². The molecule has 1 rings (SSSR count). The van der Waals surface area contributed by atoms with Crippen molar-refractivity contribution in [3.63, 3.8) is 0 Å². The van der Waals surface area contributed by atoms with Gasteiger partial charge in [-0.05, 0) is 38.8 Å². The van der Waals surface area contributed by atoms with E-state index in [-0.39, 0.29) is 11.8 Å². The molecule has 0 amide bonds. The molecule has 0 aromatic heterocycles. The Morgan fingerprint density at radius 3 is 2.22 bits per heavy atom. The van der Waals surface area contributed by atoms with E-state index in [0.717, 1.165) is 31.8 Å². The van der Waals surface area contributed by atoms with E-state index in [4.69, 9.17) is 0 Å². The fourth-order valence-electron chi connectivity index (χ4n) is 2.70. The minimum atomic E-state index is -2.87. The third-order valence-electron chi connectivity index (χ3n) is 3.28. The predicted molar refractivity (Wildman–Crippen MR) is 76.6 cm³/mol. The molecular weight excluding hydrogens is 248 g/mol. The maximum Gasteiger partial charge on any atom is 0.148 e. The van der Waals surface area contributed by atoms with Crippen LogP contribution < -0.4 is 5.32 Å². The third kappa shape index (κ3) is 6.71. The van der Waals surface area contributed by atoms with Crippen molar-refractivity contribution in [2.75, 3.05) is 31.6 Å². The Kier molecular flexibility index (Phi) is 6.08. The summed E-state index contributed by atoms with van der Waals surface area (Å²) < 4.78 is 22.4. The number of sulfone groups is 1. The van der Waals surface area contributed by atoms with Gasteiger partial charge in [-0.1, -0.05) is 13.8 Å². The summed E-state index contributed by atoms with van der Waals surface area (Å²) in [5, 5.41) is 3.44. The molecule has 1 heterocycles. The van der Waals surface area contributed by atoms with Crippen LogP contribution in [0.4, 0.5) is 0 Å². The highest BCUT2D eigenvalue weighted by molar-refractivity contribution is 7.90. The molecule has 1 unspecified atom stereocenters. The second-order valence-corrected chi connectivity index (χ2v) is 8.31. The van der Waals surface area contributed by atoms with Gasteiger partial charge in [0.05, 0.1) is 5.75 Å². The number of hydrogen-bond acceptors (Lipinski definition) is 4. The quantitative estimate of drug-likeness (QED) is 0.790. The van der Waals surface area contributed by atoms with Crippen LogP contribution in [0.15, 0.2) is 0 Å². The van der Waals surface area contributed by atoms with Crippen molar-refractivity contribution in [3.05, 3.63) is 0 Å². The van der Waals surface area contributed by atoms with Gasteiger partial charge in [-0.25, -0.2) is 8.42 Å². The highest BCUT2D eigenvalue weighted by Crippen LogP contribution is 2.12. The first-order valence-corrected chi connectivity index (χ1v) is 8.98. The number of nitrogens with zero attached hydrogens (tertiary/aromatic N) is 1. The predicted octanol–water partition coefficient (Wildman–Crippen LogP) is 1.13. The van der Waals surface area contributed by atoms with Crippen molar-refractivity contribution in [1.29, 1.82) is 0 Å². The Hall–Kier alpha value is -0.130. The minimum absolute atomic E-state index is 0.0571. The van der Waals surface area contributed by atoms with Crippen molar-refractivity contribution in [1.82, 2.24) is 10.2 Å². The van der Waals surface area contributed by atoms with Gasteiger partial charge in [0.25, 0.3) is 0 Å². The van der Waals surface area contributed by atoms with Crippen molar-refractivity contribution < 1.29 is 8.42 Å². The lowest BCUT2D eigenvalue weighted by Gasteiger charge is -2.34. The van der Waals surface area contributed by atoms with Crippen LogP contribution in [0.1, 0.15) is 33.6 Å². The zero-order valence-electron chi connectivity index (χ0n) is 12.1. The molecule has 5 heteroatoms. The second-order valence-electron chi connectivity index (χ2n) is 6.13. The van der Waals surface area contributed by atoms with E-state index in [0.29, 0.717) is 6.04 Å². The average Bonchev–Trinajstić information content (AvgIpc) is 2.17. The summed E-state index contributed by atoms with van der Waals surface area (Å²) in [4.78, 5) is 2.50. The van der Waals surface area contributed by atoms with E-state index in [9.17, 15) is 8.42 Å². The van der Waals surface area contributed by atoms with Gasteiger partial charge in [0.2, 0.25) is 0 Å². The van der Waals surface area contributed by atoms with Crippen molar-refractivity contribution in [3.8, 4) is 0 Å². The van der Waals surface area contributed by atoms with Crippen LogP contribution in [0.3, 0.4) is 0 Å². The number of piperidine rings is 1. The first kappa shape index (κ1) is 15.9. The van der Waals surface area contributed by atoms with E-state index in [1.165, 1.54) is 12.8 Å². The Morgan fingerprint density at radius 1 is 1.22 bits per heavy atom. The molecule has 108 valence electrons. The molecule has 1 N–H and O–H groups in total. The molecular formula is C13H28N2O2S. The normalized spacial score (nSPS) is 21.4. The molecule has 1 saturated heterocycles. The Bertz CT molecular complexity index is 333. The molecule has 0 aromatic carbocycles. The van der Waals surface area contributed by atoms with Crippen LogP contribution in [0, 0.1) is 5.92 Å². The maximum atomic E-state index is 11.2. The highest BCUT2D eigenvalue weighted by Gasteiger charge is 2.21. The first-order chi connectivity index (χ1) is 8.26. The number of nitrogens with one attached hydrogen (secondary N) is 1. The average molecular weight is 276 g/mol. The summed E-state index contributed by atoms with van der Waals surface area (Å²) in [6.45, 7) is 9.88. The lowest BCUT2D eigenvalue weighted by atomic mass is 10.0.